The molecule has 7 aliphatic rings. The average Bonchev–Trinajstić information content (AvgIpc) is 3.55. The van der Waals surface area contributed by atoms with Crippen LogP contribution in [0.1, 0.15) is 71.6 Å². The van der Waals surface area contributed by atoms with E-state index in [1.807, 2.05) is 0 Å². The lowest BCUT2D eigenvalue weighted by Gasteiger charge is -2.57. The van der Waals surface area contributed by atoms with Crippen LogP contribution in [0.25, 0.3) is 0 Å². The predicted octanol–water partition coefficient (Wildman–Crippen LogP) is 4.76. The van der Waals surface area contributed by atoms with Gasteiger partial charge in [-0.2, -0.15) is 0 Å². The maximum absolute atomic E-state index is 12.6. The number of carbonyl (C=O) groups is 2. The zero-order valence-electron chi connectivity index (χ0n) is 17.1. The monoisotopic (exact) mass is 378 g/mol. The fraction of sp³-hybridized carbons (Fsp3) is 0.760. The van der Waals surface area contributed by atoms with Crippen molar-refractivity contribution in [2.45, 2.75) is 77.2 Å². The summed E-state index contributed by atoms with van der Waals surface area (Å²) in [4.78, 5) is 24.7. The van der Waals surface area contributed by atoms with Gasteiger partial charge < -0.3 is 4.74 Å². The van der Waals surface area contributed by atoms with Crippen LogP contribution < -0.4 is 0 Å². The van der Waals surface area contributed by atoms with Gasteiger partial charge in [-0.3, -0.25) is 9.59 Å². The van der Waals surface area contributed by atoms with Gasteiger partial charge in [0.15, 0.2) is 5.78 Å². The van der Waals surface area contributed by atoms with Gasteiger partial charge in [-0.05, 0) is 80.6 Å². The second kappa shape index (κ2) is 4.52. The molecular weight excluding hydrogens is 348 g/mol. The lowest BCUT2D eigenvalue weighted by molar-refractivity contribution is -0.160. The molecular formula is C25H30O3. The molecule has 28 heavy (non-hydrogen) atoms. The van der Waals surface area contributed by atoms with Crippen molar-refractivity contribution in [2.24, 2.45) is 39.9 Å². The largest absolute Gasteiger partial charge is 0.458 e. The molecule has 3 nitrogen and oxygen atoms in total. The molecule has 3 heteroatoms. The van der Waals surface area contributed by atoms with Gasteiger partial charge in [0, 0.05) is 23.2 Å². The first-order valence-corrected chi connectivity index (χ1v) is 11.5. The summed E-state index contributed by atoms with van der Waals surface area (Å²) in [5.74, 6) is 2.53. The van der Waals surface area contributed by atoms with E-state index in [1.165, 1.54) is 31.3 Å². The van der Waals surface area contributed by atoms with E-state index in [4.69, 9.17) is 4.74 Å². The van der Waals surface area contributed by atoms with E-state index in [-0.39, 0.29) is 22.4 Å². The van der Waals surface area contributed by atoms with Crippen molar-refractivity contribution >= 4 is 11.8 Å². The Morgan fingerprint density at radius 1 is 1.04 bits per heavy atom. The van der Waals surface area contributed by atoms with Crippen molar-refractivity contribution in [3.63, 3.8) is 0 Å². The lowest BCUT2D eigenvalue weighted by atomic mass is 9.47. The molecule has 0 aromatic heterocycles. The highest BCUT2D eigenvalue weighted by molar-refractivity contribution is 5.97. The fourth-order valence-electron chi connectivity index (χ4n) is 9.03. The van der Waals surface area contributed by atoms with Crippen molar-refractivity contribution in [1.82, 2.24) is 0 Å². The number of carbonyl (C=O) groups excluding carboxylic acids is 2. The highest BCUT2D eigenvalue weighted by atomic mass is 16.6. The molecule has 5 fully saturated rings. The van der Waals surface area contributed by atoms with Gasteiger partial charge in [0.1, 0.15) is 5.60 Å². The Morgan fingerprint density at radius 3 is 2.57 bits per heavy atom. The molecule has 0 N–H and O–H groups in total. The summed E-state index contributed by atoms with van der Waals surface area (Å²) in [6.45, 7) is 4.91. The van der Waals surface area contributed by atoms with Gasteiger partial charge in [0.25, 0.3) is 0 Å². The summed E-state index contributed by atoms with van der Waals surface area (Å²) in [6, 6.07) is 0. The third-order valence-corrected chi connectivity index (χ3v) is 10.8. The van der Waals surface area contributed by atoms with Crippen LogP contribution in [0.15, 0.2) is 23.3 Å². The smallest absolute Gasteiger partial charge is 0.306 e. The minimum absolute atomic E-state index is 0.0164. The Morgan fingerprint density at radius 2 is 1.86 bits per heavy atom. The number of hydrogen-bond donors (Lipinski definition) is 0. The van der Waals surface area contributed by atoms with Crippen LogP contribution in [0, 0.1) is 39.9 Å². The Labute approximate surface area is 167 Å². The predicted molar refractivity (Wildman–Crippen MR) is 104 cm³/mol. The number of esters is 1. The molecule has 2 spiro atoms. The van der Waals surface area contributed by atoms with Gasteiger partial charge in [-0.25, -0.2) is 0 Å². The van der Waals surface area contributed by atoms with Crippen LogP contribution >= 0.6 is 0 Å². The normalized spacial score (nSPS) is 54.4. The quantitative estimate of drug-likeness (QED) is 0.451. The summed E-state index contributed by atoms with van der Waals surface area (Å²) < 4.78 is 6.08. The van der Waals surface area contributed by atoms with Gasteiger partial charge >= 0.3 is 5.97 Å². The molecule has 0 amide bonds. The van der Waals surface area contributed by atoms with Crippen molar-refractivity contribution < 1.29 is 14.3 Å². The van der Waals surface area contributed by atoms with Crippen LogP contribution in [0.3, 0.4) is 0 Å². The first-order valence-electron chi connectivity index (χ1n) is 11.5. The van der Waals surface area contributed by atoms with Crippen LogP contribution in [-0.2, 0) is 14.3 Å². The standard InChI is InChI=1S/C25H30O3/c1-22-6-3-17-15(16(22)4-7-25(22)8-5-21(27)28-25)13-24(9-10-24)20-12-19(26)14-11-18(14)23(17,20)2/h3,12,14-16,18H,4-11,13H2,1-2H3/t14-,15?,16?,18+,22+,23+,25-/m1/s1. The van der Waals surface area contributed by atoms with E-state index >= 15 is 0 Å². The zero-order chi connectivity index (χ0) is 19.1. The van der Waals surface area contributed by atoms with Crippen LogP contribution in [0.4, 0.5) is 0 Å². The van der Waals surface area contributed by atoms with Crippen LogP contribution in [0.5, 0.6) is 0 Å². The molecule has 0 aromatic rings. The molecule has 0 aromatic carbocycles. The van der Waals surface area contributed by atoms with Gasteiger partial charge in [-0.15, -0.1) is 0 Å². The summed E-state index contributed by atoms with van der Waals surface area (Å²) in [7, 11) is 0. The number of allylic oxidation sites excluding steroid dienone is 4. The summed E-state index contributed by atoms with van der Waals surface area (Å²) in [6.07, 6.45) is 14.3. The lowest BCUT2D eigenvalue weighted by Crippen LogP contribution is -2.52. The highest BCUT2D eigenvalue weighted by Crippen LogP contribution is 2.78. The Hall–Kier alpha value is -1.38. The van der Waals surface area contributed by atoms with E-state index in [9.17, 15) is 9.59 Å². The number of fused-ring (bicyclic) bond motifs is 9. The first-order chi connectivity index (χ1) is 13.3. The molecule has 0 bridgehead atoms. The van der Waals surface area contributed by atoms with Crippen molar-refractivity contribution in [1.29, 1.82) is 0 Å². The topological polar surface area (TPSA) is 43.4 Å². The zero-order valence-corrected chi connectivity index (χ0v) is 17.1. The molecule has 148 valence electrons. The van der Waals surface area contributed by atoms with Crippen LogP contribution in [-0.4, -0.2) is 17.4 Å². The van der Waals surface area contributed by atoms with Crippen molar-refractivity contribution in [2.75, 3.05) is 0 Å². The van der Waals surface area contributed by atoms with Gasteiger partial charge in [-0.1, -0.05) is 31.1 Å². The number of ketones is 1. The molecule has 4 saturated carbocycles. The second-order valence-corrected chi connectivity index (χ2v) is 11.6. The first kappa shape index (κ1) is 16.4. The maximum Gasteiger partial charge on any atom is 0.306 e. The van der Waals surface area contributed by atoms with Gasteiger partial charge in [0.05, 0.1) is 0 Å². The van der Waals surface area contributed by atoms with E-state index in [1.54, 1.807) is 5.57 Å². The Balaban J connectivity index is 1.37. The summed E-state index contributed by atoms with van der Waals surface area (Å²) in [5.41, 5.74) is 3.49. The molecule has 1 saturated heterocycles. The molecule has 1 aliphatic heterocycles. The van der Waals surface area contributed by atoms with E-state index in [2.05, 4.69) is 26.0 Å². The van der Waals surface area contributed by atoms with Crippen molar-refractivity contribution in [3.8, 4) is 0 Å². The van der Waals surface area contributed by atoms with Crippen LogP contribution in [0.2, 0.25) is 0 Å². The molecule has 2 unspecified atom stereocenters. The minimum Gasteiger partial charge on any atom is -0.458 e. The minimum atomic E-state index is -0.213. The molecule has 0 radical (unpaired) electrons. The number of ether oxygens (including phenoxy) is 1. The SMILES string of the molecule is C[C@@]12C3=CC[C@@]4(C)C(CC[C@@]45CCC(=O)O5)C3CC3(CC3)C1=CC(=O)[C@@H]1C[C@@H]12. The van der Waals surface area contributed by atoms with Gasteiger partial charge in [0.2, 0.25) is 0 Å². The maximum atomic E-state index is 12.6. The second-order valence-electron chi connectivity index (χ2n) is 11.6. The molecule has 7 rings (SSSR count). The number of hydrogen-bond acceptors (Lipinski definition) is 3. The molecule has 6 aliphatic carbocycles. The van der Waals surface area contributed by atoms with E-state index < -0.39 is 0 Å². The molecule has 7 atom stereocenters. The summed E-state index contributed by atoms with van der Waals surface area (Å²) in [5, 5.41) is 0. The third kappa shape index (κ3) is 1.60. The third-order valence-electron chi connectivity index (χ3n) is 10.8. The Bertz CT molecular complexity index is 907. The molecule has 1 heterocycles. The van der Waals surface area contributed by atoms with E-state index in [0.29, 0.717) is 41.3 Å². The Kier molecular flexibility index (Phi) is 2.65. The fourth-order valence-corrected chi connectivity index (χ4v) is 9.03. The highest BCUT2D eigenvalue weighted by Gasteiger charge is 2.72. The number of rotatable bonds is 0. The van der Waals surface area contributed by atoms with Crippen molar-refractivity contribution in [3.05, 3.63) is 23.3 Å². The van der Waals surface area contributed by atoms with E-state index in [0.717, 1.165) is 25.7 Å². The average molecular weight is 379 g/mol. The summed E-state index contributed by atoms with van der Waals surface area (Å²) >= 11 is 0.